The molecule has 4 nitrogen and oxygen atoms in total. The van der Waals surface area contributed by atoms with Crippen LogP contribution in [0.5, 0.6) is 0 Å². The number of sulfonamides is 1. The van der Waals surface area contributed by atoms with Gasteiger partial charge in [-0.3, -0.25) is 0 Å². The van der Waals surface area contributed by atoms with E-state index in [4.69, 9.17) is 0 Å². The van der Waals surface area contributed by atoms with Crippen LogP contribution in [-0.2, 0) is 16.6 Å². The summed E-state index contributed by atoms with van der Waals surface area (Å²) in [4.78, 5) is 0.132. The molecule has 0 aliphatic carbocycles. The summed E-state index contributed by atoms with van der Waals surface area (Å²) in [7, 11) is -2.15. The van der Waals surface area contributed by atoms with Crippen LogP contribution in [0.4, 0.5) is 14.5 Å². The van der Waals surface area contributed by atoms with Gasteiger partial charge in [0.05, 0.1) is 4.90 Å². The zero-order valence-electron chi connectivity index (χ0n) is 11.2. The summed E-state index contributed by atoms with van der Waals surface area (Å²) in [5.74, 6) is -1.01. The zero-order valence-corrected chi connectivity index (χ0v) is 12.0. The van der Waals surface area contributed by atoms with Crippen molar-refractivity contribution in [2.24, 2.45) is 0 Å². The molecule has 0 heterocycles. The van der Waals surface area contributed by atoms with E-state index in [-0.39, 0.29) is 17.0 Å². The Morgan fingerprint density at radius 3 is 2.33 bits per heavy atom. The van der Waals surface area contributed by atoms with Gasteiger partial charge in [-0.2, -0.15) is 0 Å². The summed E-state index contributed by atoms with van der Waals surface area (Å²) in [6.07, 6.45) is 0. The average Bonchev–Trinajstić information content (AvgIpc) is 2.48. The Balaban J connectivity index is 2.09. The highest BCUT2D eigenvalue weighted by molar-refractivity contribution is 7.89. The molecule has 0 bridgehead atoms. The van der Waals surface area contributed by atoms with E-state index in [9.17, 15) is 17.2 Å². The van der Waals surface area contributed by atoms with E-state index in [1.54, 1.807) is 12.1 Å². The number of benzene rings is 2. The van der Waals surface area contributed by atoms with Gasteiger partial charge in [0.1, 0.15) is 11.6 Å². The van der Waals surface area contributed by atoms with E-state index in [1.807, 2.05) is 0 Å². The second kappa shape index (κ2) is 6.19. The topological polar surface area (TPSA) is 58.2 Å². The van der Waals surface area contributed by atoms with Gasteiger partial charge >= 0.3 is 0 Å². The van der Waals surface area contributed by atoms with E-state index in [2.05, 4.69) is 10.0 Å². The molecule has 0 fully saturated rings. The van der Waals surface area contributed by atoms with E-state index in [0.29, 0.717) is 5.69 Å². The van der Waals surface area contributed by atoms with Crippen molar-refractivity contribution in [1.29, 1.82) is 0 Å². The average molecular weight is 312 g/mol. The molecule has 2 aromatic rings. The Morgan fingerprint density at radius 2 is 1.71 bits per heavy atom. The molecular weight excluding hydrogens is 298 g/mol. The SMILES string of the molecule is CNS(=O)(=O)c1ccc(NCc2cc(F)ccc2F)cc1. The van der Waals surface area contributed by atoms with E-state index < -0.39 is 21.7 Å². The molecule has 7 heteroatoms. The fourth-order valence-corrected chi connectivity index (χ4v) is 2.48. The molecule has 0 radical (unpaired) electrons. The van der Waals surface area contributed by atoms with Crippen molar-refractivity contribution in [3.8, 4) is 0 Å². The van der Waals surface area contributed by atoms with Gasteiger partial charge in [-0.1, -0.05) is 0 Å². The molecule has 0 aromatic heterocycles. The summed E-state index contributed by atoms with van der Waals surface area (Å²) in [5.41, 5.74) is 0.802. The lowest BCUT2D eigenvalue weighted by Crippen LogP contribution is -2.18. The minimum absolute atomic E-state index is 0.0989. The second-order valence-electron chi connectivity index (χ2n) is 4.32. The maximum atomic E-state index is 13.4. The minimum Gasteiger partial charge on any atom is -0.381 e. The van der Waals surface area contributed by atoms with Gasteiger partial charge in [-0.05, 0) is 49.5 Å². The van der Waals surface area contributed by atoms with Crippen LogP contribution in [0.1, 0.15) is 5.56 Å². The van der Waals surface area contributed by atoms with Crippen LogP contribution in [0, 0.1) is 11.6 Å². The maximum Gasteiger partial charge on any atom is 0.240 e. The molecule has 2 rings (SSSR count). The van der Waals surface area contributed by atoms with Crippen LogP contribution in [0.3, 0.4) is 0 Å². The molecule has 0 amide bonds. The summed E-state index contributed by atoms with van der Waals surface area (Å²) >= 11 is 0. The quantitative estimate of drug-likeness (QED) is 0.892. The molecule has 0 unspecified atom stereocenters. The number of nitrogens with one attached hydrogen (secondary N) is 2. The lowest BCUT2D eigenvalue weighted by atomic mass is 10.2. The van der Waals surface area contributed by atoms with Crippen molar-refractivity contribution >= 4 is 15.7 Å². The number of hydrogen-bond donors (Lipinski definition) is 2. The molecule has 0 spiro atoms. The molecule has 0 aliphatic rings. The van der Waals surface area contributed by atoms with E-state index in [1.165, 1.54) is 19.2 Å². The van der Waals surface area contributed by atoms with E-state index in [0.717, 1.165) is 18.2 Å². The van der Waals surface area contributed by atoms with Gasteiger partial charge in [-0.25, -0.2) is 21.9 Å². The first-order valence-corrected chi connectivity index (χ1v) is 7.62. The van der Waals surface area contributed by atoms with Crippen molar-refractivity contribution < 1.29 is 17.2 Å². The molecule has 0 saturated carbocycles. The first kappa shape index (κ1) is 15.4. The summed E-state index contributed by atoms with van der Waals surface area (Å²) < 4.78 is 51.8. The van der Waals surface area contributed by atoms with Crippen LogP contribution >= 0.6 is 0 Å². The first-order valence-electron chi connectivity index (χ1n) is 6.14. The van der Waals surface area contributed by atoms with Gasteiger partial charge in [-0.15, -0.1) is 0 Å². The zero-order chi connectivity index (χ0) is 15.5. The van der Waals surface area contributed by atoms with Crippen molar-refractivity contribution in [1.82, 2.24) is 4.72 Å². The second-order valence-corrected chi connectivity index (χ2v) is 6.21. The van der Waals surface area contributed by atoms with Crippen molar-refractivity contribution in [2.45, 2.75) is 11.4 Å². The molecule has 0 atom stereocenters. The lowest BCUT2D eigenvalue weighted by molar-refractivity contribution is 0.587. The third-order valence-electron chi connectivity index (χ3n) is 2.92. The van der Waals surface area contributed by atoms with Gasteiger partial charge in [0, 0.05) is 17.8 Å². The monoisotopic (exact) mass is 312 g/mol. The highest BCUT2D eigenvalue weighted by Gasteiger charge is 2.10. The third-order valence-corrected chi connectivity index (χ3v) is 4.35. The minimum atomic E-state index is -3.48. The largest absolute Gasteiger partial charge is 0.381 e. The summed E-state index contributed by atoms with van der Waals surface area (Å²) in [5, 5.41) is 2.90. The highest BCUT2D eigenvalue weighted by atomic mass is 32.2. The number of anilines is 1. The third kappa shape index (κ3) is 3.77. The standard InChI is InChI=1S/C14H14F2N2O2S/c1-17-21(19,20)13-5-3-12(4-6-13)18-9-10-8-11(15)2-7-14(10)16/h2-8,17-18H,9H2,1H3. The molecular formula is C14H14F2N2O2S. The molecule has 0 saturated heterocycles. The van der Waals surface area contributed by atoms with Crippen LogP contribution in [0.15, 0.2) is 47.4 Å². The molecule has 2 aromatic carbocycles. The van der Waals surface area contributed by atoms with Crippen LogP contribution in [-0.4, -0.2) is 15.5 Å². The van der Waals surface area contributed by atoms with Crippen LogP contribution < -0.4 is 10.0 Å². The lowest BCUT2D eigenvalue weighted by Gasteiger charge is -2.09. The highest BCUT2D eigenvalue weighted by Crippen LogP contribution is 2.16. The molecule has 112 valence electrons. The van der Waals surface area contributed by atoms with Crippen molar-refractivity contribution in [3.05, 3.63) is 59.7 Å². The Bertz CT molecular complexity index is 731. The first-order chi connectivity index (χ1) is 9.92. The van der Waals surface area contributed by atoms with Crippen molar-refractivity contribution in [2.75, 3.05) is 12.4 Å². The van der Waals surface area contributed by atoms with Gasteiger partial charge in [0.15, 0.2) is 0 Å². The van der Waals surface area contributed by atoms with Gasteiger partial charge < -0.3 is 5.32 Å². The van der Waals surface area contributed by atoms with E-state index >= 15 is 0 Å². The summed E-state index contributed by atoms with van der Waals surface area (Å²) in [6, 6.07) is 9.20. The molecule has 0 aliphatic heterocycles. The smallest absolute Gasteiger partial charge is 0.240 e. The number of rotatable bonds is 5. The normalized spacial score (nSPS) is 11.4. The fourth-order valence-electron chi connectivity index (χ4n) is 1.75. The molecule has 2 N–H and O–H groups in total. The predicted molar refractivity (Wildman–Crippen MR) is 76.4 cm³/mol. The van der Waals surface area contributed by atoms with Gasteiger partial charge in [0.25, 0.3) is 0 Å². The van der Waals surface area contributed by atoms with Crippen molar-refractivity contribution in [3.63, 3.8) is 0 Å². The Hall–Kier alpha value is -1.99. The Labute approximate surface area is 121 Å². The van der Waals surface area contributed by atoms with Gasteiger partial charge in [0.2, 0.25) is 10.0 Å². The number of hydrogen-bond acceptors (Lipinski definition) is 3. The predicted octanol–water partition coefficient (Wildman–Crippen LogP) is 2.49. The fraction of sp³-hybridized carbons (Fsp3) is 0.143. The Morgan fingerprint density at radius 1 is 1.05 bits per heavy atom. The number of halogens is 2. The van der Waals surface area contributed by atoms with Crippen LogP contribution in [0.2, 0.25) is 0 Å². The molecule has 21 heavy (non-hydrogen) atoms. The maximum absolute atomic E-state index is 13.4. The summed E-state index contributed by atoms with van der Waals surface area (Å²) in [6.45, 7) is 0.0989. The Kier molecular flexibility index (Phi) is 4.54. The van der Waals surface area contributed by atoms with Crippen LogP contribution in [0.25, 0.3) is 0 Å².